The molecule has 120 valence electrons. The zero-order valence-electron chi connectivity index (χ0n) is 12.1. The van der Waals surface area contributed by atoms with Gasteiger partial charge in [-0.2, -0.15) is 0 Å². The molecule has 7 heteroatoms. The molecule has 1 aliphatic carbocycles. The zero-order valence-corrected chi connectivity index (χ0v) is 13.8. The lowest BCUT2D eigenvalue weighted by atomic mass is 9.99. The number of rotatable bonds is 6. The number of ether oxygens (including phenoxy) is 1. The summed E-state index contributed by atoms with van der Waals surface area (Å²) >= 11 is 0. The molecular weight excluding hydrogens is 312 g/mol. The van der Waals surface area contributed by atoms with Crippen LogP contribution in [0.3, 0.4) is 0 Å². The first-order chi connectivity index (χ1) is 9.56. The van der Waals surface area contributed by atoms with Crippen LogP contribution in [-0.4, -0.2) is 28.1 Å². The fraction of sp³-hybridized carbons (Fsp3) is 0.571. The van der Waals surface area contributed by atoms with Crippen molar-refractivity contribution in [1.29, 1.82) is 0 Å². The van der Waals surface area contributed by atoms with Crippen LogP contribution in [0, 0.1) is 5.92 Å². The summed E-state index contributed by atoms with van der Waals surface area (Å²) in [6.07, 6.45) is 4.41. The van der Waals surface area contributed by atoms with E-state index in [1.807, 2.05) is 0 Å². The van der Waals surface area contributed by atoms with Crippen LogP contribution in [-0.2, 0) is 10.0 Å². The smallest absolute Gasteiger partial charge is 0.240 e. The van der Waals surface area contributed by atoms with Crippen LogP contribution < -0.4 is 15.2 Å². The Kier molecular flexibility index (Phi) is 6.93. The van der Waals surface area contributed by atoms with Gasteiger partial charge in [0.1, 0.15) is 5.75 Å². The molecule has 0 spiro atoms. The molecule has 5 nitrogen and oxygen atoms in total. The third-order valence-corrected chi connectivity index (χ3v) is 5.40. The van der Waals surface area contributed by atoms with Gasteiger partial charge >= 0.3 is 0 Å². The summed E-state index contributed by atoms with van der Waals surface area (Å²) < 4.78 is 32.5. The fourth-order valence-corrected chi connectivity index (χ4v) is 4.04. The first-order valence-electron chi connectivity index (χ1n) is 6.93. The molecule has 21 heavy (non-hydrogen) atoms. The highest BCUT2D eigenvalue weighted by Gasteiger charge is 2.28. The molecule has 1 aromatic carbocycles. The summed E-state index contributed by atoms with van der Waals surface area (Å²) in [6.45, 7) is 0.333. The molecule has 0 aromatic heterocycles. The van der Waals surface area contributed by atoms with E-state index < -0.39 is 10.0 Å². The second kappa shape index (κ2) is 7.98. The van der Waals surface area contributed by atoms with Crippen molar-refractivity contribution in [3.8, 4) is 5.75 Å². The van der Waals surface area contributed by atoms with Gasteiger partial charge in [0, 0.05) is 12.6 Å². The van der Waals surface area contributed by atoms with Crippen LogP contribution in [0.4, 0.5) is 0 Å². The molecule has 1 fully saturated rings. The van der Waals surface area contributed by atoms with Gasteiger partial charge in [-0.25, -0.2) is 13.1 Å². The Morgan fingerprint density at radius 2 is 1.86 bits per heavy atom. The third-order valence-electron chi connectivity index (χ3n) is 3.90. The Hall–Kier alpha value is -0.820. The predicted octanol–water partition coefficient (Wildman–Crippen LogP) is 1.91. The van der Waals surface area contributed by atoms with Gasteiger partial charge in [0.25, 0.3) is 0 Å². The molecule has 0 aliphatic heterocycles. The van der Waals surface area contributed by atoms with E-state index in [4.69, 9.17) is 10.5 Å². The molecule has 0 radical (unpaired) electrons. The average Bonchev–Trinajstić information content (AvgIpc) is 2.99. The van der Waals surface area contributed by atoms with Crippen LogP contribution in [0.2, 0.25) is 0 Å². The maximum atomic E-state index is 12.4. The molecule has 1 unspecified atom stereocenters. The molecule has 1 aliphatic rings. The first-order valence-corrected chi connectivity index (χ1v) is 8.41. The van der Waals surface area contributed by atoms with Gasteiger partial charge in [-0.1, -0.05) is 12.8 Å². The van der Waals surface area contributed by atoms with Crippen LogP contribution in [0.5, 0.6) is 5.75 Å². The van der Waals surface area contributed by atoms with Crippen LogP contribution in [0.1, 0.15) is 25.7 Å². The van der Waals surface area contributed by atoms with Crippen molar-refractivity contribution in [1.82, 2.24) is 4.72 Å². The summed E-state index contributed by atoms with van der Waals surface area (Å²) in [5.74, 6) is 0.989. The predicted molar refractivity (Wildman–Crippen MR) is 85.4 cm³/mol. The largest absolute Gasteiger partial charge is 0.497 e. The molecule has 2 rings (SSSR count). The molecule has 0 saturated heterocycles. The highest BCUT2D eigenvalue weighted by molar-refractivity contribution is 7.89. The number of hydrogen-bond acceptors (Lipinski definition) is 4. The summed E-state index contributed by atoms with van der Waals surface area (Å²) in [7, 11) is -1.97. The van der Waals surface area contributed by atoms with Crippen molar-refractivity contribution in [2.24, 2.45) is 11.7 Å². The zero-order chi connectivity index (χ0) is 14.6. The van der Waals surface area contributed by atoms with Gasteiger partial charge in [0.2, 0.25) is 10.0 Å². The molecule has 1 saturated carbocycles. The number of nitrogens with two attached hydrogens (primary N) is 1. The molecular formula is C14H23ClN2O3S. The van der Waals surface area contributed by atoms with E-state index in [-0.39, 0.29) is 23.3 Å². The minimum atomic E-state index is -3.52. The maximum Gasteiger partial charge on any atom is 0.240 e. The van der Waals surface area contributed by atoms with Crippen LogP contribution >= 0.6 is 12.4 Å². The quantitative estimate of drug-likeness (QED) is 0.832. The van der Waals surface area contributed by atoms with Crippen molar-refractivity contribution in [2.45, 2.75) is 36.6 Å². The topological polar surface area (TPSA) is 81.4 Å². The van der Waals surface area contributed by atoms with Crippen molar-refractivity contribution in [3.05, 3.63) is 24.3 Å². The van der Waals surface area contributed by atoms with Crippen molar-refractivity contribution < 1.29 is 13.2 Å². The lowest BCUT2D eigenvalue weighted by Gasteiger charge is -2.23. The normalized spacial score (nSPS) is 17.2. The lowest BCUT2D eigenvalue weighted by Crippen LogP contribution is -2.44. The SMILES string of the molecule is COc1ccc(S(=O)(=O)NC(CN)C2CCCC2)cc1.Cl. The van der Waals surface area contributed by atoms with E-state index in [0.29, 0.717) is 18.2 Å². The number of nitrogens with one attached hydrogen (secondary N) is 1. The Labute approximate surface area is 132 Å². The Bertz CT molecular complexity index is 528. The fourth-order valence-electron chi connectivity index (χ4n) is 2.72. The second-order valence-corrected chi connectivity index (χ2v) is 6.90. The van der Waals surface area contributed by atoms with E-state index in [2.05, 4.69) is 4.72 Å². The second-order valence-electron chi connectivity index (χ2n) is 5.18. The maximum absolute atomic E-state index is 12.4. The Balaban J connectivity index is 0.00000220. The van der Waals surface area contributed by atoms with E-state index in [0.717, 1.165) is 25.7 Å². The number of halogens is 1. The van der Waals surface area contributed by atoms with Gasteiger partial charge < -0.3 is 10.5 Å². The molecule has 1 atom stereocenters. The minimum absolute atomic E-state index is 0. The van der Waals surface area contributed by atoms with E-state index in [1.165, 1.54) is 0 Å². The standard InChI is InChI=1S/C14H22N2O3S.ClH/c1-19-12-6-8-13(9-7-12)20(17,18)16-14(10-15)11-4-2-3-5-11;/h6-9,11,14,16H,2-5,10,15H2,1H3;1H. The summed E-state index contributed by atoms with van der Waals surface area (Å²) in [6, 6.07) is 6.19. The van der Waals surface area contributed by atoms with Gasteiger partial charge in [-0.05, 0) is 43.0 Å². The van der Waals surface area contributed by atoms with Crippen molar-refractivity contribution in [2.75, 3.05) is 13.7 Å². The van der Waals surface area contributed by atoms with Gasteiger partial charge in [0.05, 0.1) is 12.0 Å². The van der Waals surface area contributed by atoms with Gasteiger partial charge in [-0.15, -0.1) is 12.4 Å². The number of benzene rings is 1. The van der Waals surface area contributed by atoms with Crippen LogP contribution in [0.15, 0.2) is 29.2 Å². The summed E-state index contributed by atoms with van der Waals surface area (Å²) in [5.41, 5.74) is 5.74. The first kappa shape index (κ1) is 18.2. The molecule has 0 heterocycles. The lowest BCUT2D eigenvalue weighted by molar-refractivity contribution is 0.405. The average molecular weight is 335 g/mol. The highest BCUT2D eigenvalue weighted by Crippen LogP contribution is 2.28. The number of sulfonamides is 1. The van der Waals surface area contributed by atoms with E-state index >= 15 is 0 Å². The minimum Gasteiger partial charge on any atom is -0.497 e. The van der Waals surface area contributed by atoms with Gasteiger partial charge in [0.15, 0.2) is 0 Å². The third kappa shape index (κ3) is 4.57. The molecule has 3 N–H and O–H groups in total. The molecule has 1 aromatic rings. The van der Waals surface area contributed by atoms with Gasteiger partial charge in [-0.3, -0.25) is 0 Å². The highest BCUT2D eigenvalue weighted by atomic mass is 35.5. The molecule has 0 amide bonds. The molecule has 0 bridgehead atoms. The number of hydrogen-bond donors (Lipinski definition) is 2. The monoisotopic (exact) mass is 334 g/mol. The summed E-state index contributed by atoms with van der Waals surface area (Å²) in [4.78, 5) is 0.245. The summed E-state index contributed by atoms with van der Waals surface area (Å²) in [5, 5.41) is 0. The van der Waals surface area contributed by atoms with E-state index in [1.54, 1.807) is 31.4 Å². The number of methoxy groups -OCH3 is 1. The van der Waals surface area contributed by atoms with Crippen molar-refractivity contribution >= 4 is 22.4 Å². The Morgan fingerprint density at radius 1 is 1.29 bits per heavy atom. The van der Waals surface area contributed by atoms with E-state index in [9.17, 15) is 8.42 Å². The van der Waals surface area contributed by atoms with Crippen LogP contribution in [0.25, 0.3) is 0 Å². The van der Waals surface area contributed by atoms with Crippen molar-refractivity contribution in [3.63, 3.8) is 0 Å². The Morgan fingerprint density at radius 3 is 2.33 bits per heavy atom.